The molecule has 1 aliphatic heterocycles. The van der Waals surface area contributed by atoms with Crippen molar-refractivity contribution < 1.29 is 4.79 Å². The van der Waals surface area contributed by atoms with Crippen LogP contribution in [0.2, 0.25) is 0 Å². The molecule has 2 aromatic carbocycles. The number of likely N-dealkylation sites (N-methyl/N-ethyl adjacent to an activating group) is 1. The van der Waals surface area contributed by atoms with E-state index in [4.69, 9.17) is 0 Å². The molecule has 2 heterocycles. The third-order valence-corrected chi connectivity index (χ3v) is 5.55. The lowest BCUT2D eigenvalue weighted by atomic mass is 10.0. The van der Waals surface area contributed by atoms with Gasteiger partial charge in [-0.15, -0.1) is 24.8 Å². The summed E-state index contributed by atoms with van der Waals surface area (Å²) in [5, 5.41) is 9.93. The SMILES string of the molecule is CNC(C(=O)N1CCN(Cc2cccc3ccccc23)CC1)c1cnn(C)c1.Cl.Cl. The molecule has 162 valence electrons. The average Bonchev–Trinajstić information content (AvgIpc) is 3.15. The van der Waals surface area contributed by atoms with Crippen LogP contribution in [0.4, 0.5) is 0 Å². The maximum Gasteiger partial charge on any atom is 0.244 e. The molecular weight excluding hydrogens is 421 g/mol. The summed E-state index contributed by atoms with van der Waals surface area (Å²) in [5.41, 5.74) is 2.26. The maximum atomic E-state index is 13.0. The van der Waals surface area contributed by atoms with Gasteiger partial charge in [0.15, 0.2) is 0 Å². The van der Waals surface area contributed by atoms with E-state index in [0.717, 1.165) is 38.3 Å². The standard InChI is InChI=1S/C22H27N5O.2ClH/c1-23-21(19-14-24-25(2)15-19)22(28)27-12-10-26(11-13-27)16-18-8-5-7-17-6-3-4-9-20(17)18;;/h3-9,14-15,21,23H,10-13,16H2,1-2H3;2*1H. The fourth-order valence-corrected chi connectivity index (χ4v) is 4.00. The first-order valence-electron chi connectivity index (χ1n) is 9.79. The first-order chi connectivity index (χ1) is 13.7. The number of nitrogens with one attached hydrogen (secondary N) is 1. The van der Waals surface area contributed by atoms with E-state index in [0.29, 0.717) is 0 Å². The van der Waals surface area contributed by atoms with Gasteiger partial charge in [0, 0.05) is 51.5 Å². The van der Waals surface area contributed by atoms with Crippen LogP contribution in [-0.2, 0) is 18.4 Å². The highest BCUT2D eigenvalue weighted by Crippen LogP contribution is 2.21. The van der Waals surface area contributed by atoms with Crippen LogP contribution < -0.4 is 5.32 Å². The third kappa shape index (κ3) is 5.13. The topological polar surface area (TPSA) is 53.4 Å². The number of halogens is 2. The Hall–Kier alpha value is -2.12. The monoisotopic (exact) mass is 449 g/mol. The van der Waals surface area contributed by atoms with Gasteiger partial charge in [-0.2, -0.15) is 5.10 Å². The van der Waals surface area contributed by atoms with Crippen LogP contribution in [0.15, 0.2) is 54.9 Å². The maximum absolute atomic E-state index is 13.0. The molecule has 0 aliphatic carbocycles. The van der Waals surface area contributed by atoms with Crippen molar-refractivity contribution >= 4 is 41.5 Å². The summed E-state index contributed by atoms with van der Waals surface area (Å²) in [5.74, 6) is 0.125. The van der Waals surface area contributed by atoms with E-state index >= 15 is 0 Å². The van der Waals surface area contributed by atoms with Crippen molar-refractivity contribution in [1.82, 2.24) is 24.9 Å². The van der Waals surface area contributed by atoms with E-state index in [9.17, 15) is 4.79 Å². The van der Waals surface area contributed by atoms with Crippen LogP contribution in [-0.4, -0.2) is 58.7 Å². The fraction of sp³-hybridized carbons (Fsp3) is 0.364. The van der Waals surface area contributed by atoms with Gasteiger partial charge in [0.1, 0.15) is 6.04 Å². The van der Waals surface area contributed by atoms with Crippen LogP contribution in [0, 0.1) is 0 Å². The van der Waals surface area contributed by atoms with E-state index in [1.165, 1.54) is 16.3 Å². The second-order valence-electron chi connectivity index (χ2n) is 7.41. The zero-order chi connectivity index (χ0) is 19.5. The molecule has 3 aromatic rings. The summed E-state index contributed by atoms with van der Waals surface area (Å²) in [6.07, 6.45) is 3.66. The molecule has 6 nitrogen and oxygen atoms in total. The molecule has 4 rings (SSSR count). The second-order valence-corrected chi connectivity index (χ2v) is 7.41. The Balaban J connectivity index is 0.00000160. The lowest BCUT2D eigenvalue weighted by Crippen LogP contribution is -2.51. The molecule has 1 aliphatic rings. The number of aromatic nitrogens is 2. The van der Waals surface area contributed by atoms with E-state index in [1.54, 1.807) is 10.9 Å². The number of nitrogens with zero attached hydrogens (tertiary/aromatic N) is 4. The summed E-state index contributed by atoms with van der Waals surface area (Å²) in [7, 11) is 3.69. The molecule has 8 heteroatoms. The normalized spacial score (nSPS) is 15.3. The van der Waals surface area contributed by atoms with Gasteiger partial charge in [0.2, 0.25) is 5.91 Å². The molecule has 0 radical (unpaired) electrons. The van der Waals surface area contributed by atoms with E-state index in [2.05, 4.69) is 57.8 Å². The van der Waals surface area contributed by atoms with Gasteiger partial charge in [-0.05, 0) is 23.4 Å². The van der Waals surface area contributed by atoms with Crippen molar-refractivity contribution in [2.75, 3.05) is 33.2 Å². The number of amides is 1. The summed E-state index contributed by atoms with van der Waals surface area (Å²) in [4.78, 5) is 17.4. The molecule has 1 amide bonds. The number of rotatable bonds is 5. The summed E-state index contributed by atoms with van der Waals surface area (Å²) in [6.45, 7) is 4.20. The van der Waals surface area contributed by atoms with E-state index in [-0.39, 0.29) is 36.8 Å². The summed E-state index contributed by atoms with van der Waals surface area (Å²) in [6, 6.07) is 14.7. The van der Waals surface area contributed by atoms with Gasteiger partial charge in [0.25, 0.3) is 0 Å². The van der Waals surface area contributed by atoms with Crippen molar-refractivity contribution in [3.8, 4) is 0 Å². The molecule has 30 heavy (non-hydrogen) atoms. The number of benzene rings is 2. The Morgan fingerprint density at radius 2 is 1.77 bits per heavy atom. The first kappa shape index (κ1) is 24.2. The largest absolute Gasteiger partial charge is 0.338 e. The second kappa shape index (κ2) is 10.8. The molecule has 1 atom stereocenters. The van der Waals surface area contributed by atoms with Gasteiger partial charge in [-0.1, -0.05) is 42.5 Å². The molecule has 1 aromatic heterocycles. The molecular formula is C22H29Cl2N5O. The minimum atomic E-state index is -0.335. The number of carbonyl (C=O) groups excluding carboxylic acids is 1. The molecule has 1 fully saturated rings. The third-order valence-electron chi connectivity index (χ3n) is 5.55. The lowest BCUT2D eigenvalue weighted by Gasteiger charge is -2.36. The van der Waals surface area contributed by atoms with Crippen LogP contribution in [0.5, 0.6) is 0 Å². The van der Waals surface area contributed by atoms with Crippen molar-refractivity contribution in [2.24, 2.45) is 7.05 Å². The Morgan fingerprint density at radius 1 is 1.07 bits per heavy atom. The number of carbonyl (C=O) groups is 1. The molecule has 1 saturated heterocycles. The fourth-order valence-electron chi connectivity index (χ4n) is 4.00. The van der Waals surface area contributed by atoms with Gasteiger partial charge in [0.05, 0.1) is 6.20 Å². The molecule has 0 bridgehead atoms. The average molecular weight is 450 g/mol. The Labute approximate surface area is 190 Å². The Kier molecular flexibility index (Phi) is 8.67. The zero-order valence-corrected chi connectivity index (χ0v) is 19.0. The smallest absolute Gasteiger partial charge is 0.244 e. The summed E-state index contributed by atoms with van der Waals surface area (Å²) < 4.78 is 1.73. The zero-order valence-electron chi connectivity index (χ0n) is 17.3. The van der Waals surface area contributed by atoms with Crippen molar-refractivity contribution in [3.05, 3.63) is 66.0 Å². The van der Waals surface area contributed by atoms with E-state index < -0.39 is 0 Å². The number of hydrogen-bond acceptors (Lipinski definition) is 4. The minimum absolute atomic E-state index is 0. The predicted molar refractivity (Wildman–Crippen MR) is 125 cm³/mol. The number of hydrogen-bond donors (Lipinski definition) is 1. The number of aryl methyl sites for hydroxylation is 1. The van der Waals surface area contributed by atoms with Crippen molar-refractivity contribution in [2.45, 2.75) is 12.6 Å². The Bertz CT molecular complexity index is 964. The quantitative estimate of drug-likeness (QED) is 0.650. The molecule has 0 saturated carbocycles. The van der Waals surface area contributed by atoms with Gasteiger partial charge < -0.3 is 10.2 Å². The lowest BCUT2D eigenvalue weighted by molar-refractivity contribution is -0.135. The van der Waals surface area contributed by atoms with Gasteiger partial charge >= 0.3 is 0 Å². The number of piperazine rings is 1. The van der Waals surface area contributed by atoms with Crippen LogP contribution in [0.25, 0.3) is 10.8 Å². The minimum Gasteiger partial charge on any atom is -0.338 e. The molecule has 0 spiro atoms. The van der Waals surface area contributed by atoms with Gasteiger partial charge in [-0.25, -0.2) is 0 Å². The first-order valence-corrected chi connectivity index (χ1v) is 9.79. The highest BCUT2D eigenvalue weighted by Gasteiger charge is 2.28. The number of fused-ring (bicyclic) bond motifs is 1. The van der Waals surface area contributed by atoms with Crippen LogP contribution in [0.3, 0.4) is 0 Å². The van der Waals surface area contributed by atoms with Crippen LogP contribution in [0.1, 0.15) is 17.2 Å². The van der Waals surface area contributed by atoms with Crippen molar-refractivity contribution in [1.29, 1.82) is 0 Å². The highest BCUT2D eigenvalue weighted by atomic mass is 35.5. The van der Waals surface area contributed by atoms with Gasteiger partial charge in [-0.3, -0.25) is 14.4 Å². The predicted octanol–water partition coefficient (Wildman–Crippen LogP) is 3.02. The van der Waals surface area contributed by atoms with Crippen LogP contribution >= 0.6 is 24.8 Å². The van der Waals surface area contributed by atoms with Crippen molar-refractivity contribution in [3.63, 3.8) is 0 Å². The molecule has 1 N–H and O–H groups in total. The Morgan fingerprint density at radius 3 is 2.43 bits per heavy atom. The highest BCUT2D eigenvalue weighted by molar-refractivity contribution is 5.86. The summed E-state index contributed by atoms with van der Waals surface area (Å²) >= 11 is 0. The molecule has 1 unspecified atom stereocenters. The van der Waals surface area contributed by atoms with E-state index in [1.807, 2.05) is 25.2 Å².